The van der Waals surface area contributed by atoms with Gasteiger partial charge in [-0.25, -0.2) is 0 Å². The van der Waals surface area contributed by atoms with Crippen molar-refractivity contribution in [3.8, 4) is 5.75 Å². The lowest BCUT2D eigenvalue weighted by Gasteiger charge is -2.24. The van der Waals surface area contributed by atoms with Crippen molar-refractivity contribution in [2.45, 2.75) is 39.2 Å². The Morgan fingerprint density at radius 2 is 1.76 bits per heavy atom. The summed E-state index contributed by atoms with van der Waals surface area (Å²) in [6, 6.07) is 15.0. The highest BCUT2D eigenvalue weighted by atomic mass is 16.5. The zero-order valence-electron chi connectivity index (χ0n) is 19.4. The third-order valence-electron chi connectivity index (χ3n) is 5.85. The fourth-order valence-corrected chi connectivity index (χ4v) is 4.12. The first-order valence-electron chi connectivity index (χ1n) is 10.7. The Morgan fingerprint density at radius 3 is 2.33 bits per heavy atom. The zero-order chi connectivity index (χ0) is 23.9. The van der Waals surface area contributed by atoms with Gasteiger partial charge in [0.25, 0.3) is 11.7 Å². The predicted molar refractivity (Wildman–Crippen MR) is 126 cm³/mol. The predicted octanol–water partition coefficient (Wildman–Crippen LogP) is 5.52. The molecule has 0 radical (unpaired) electrons. The quantitative estimate of drug-likeness (QED) is 0.325. The first-order chi connectivity index (χ1) is 15.6. The number of Topliss-reactive ketones (excluding diaryl/α,β-unsaturated/α-hetero) is 1. The molecule has 1 aromatic heterocycles. The molecule has 6 nitrogen and oxygen atoms in total. The van der Waals surface area contributed by atoms with Crippen LogP contribution >= 0.6 is 0 Å². The average molecular weight is 446 g/mol. The number of aliphatic hydroxyl groups excluding tert-OH is 1. The van der Waals surface area contributed by atoms with E-state index in [1.54, 1.807) is 49.6 Å². The molecule has 1 aliphatic rings. The molecule has 0 bridgehead atoms. The van der Waals surface area contributed by atoms with Crippen molar-refractivity contribution in [3.05, 3.63) is 88.9 Å². The summed E-state index contributed by atoms with van der Waals surface area (Å²) in [6.45, 7) is 8.05. The van der Waals surface area contributed by atoms with Crippen LogP contribution in [0.3, 0.4) is 0 Å². The Labute approximate surface area is 193 Å². The molecule has 1 saturated heterocycles. The molecule has 4 rings (SSSR count). The SMILES string of the molecule is COc1ccc(/C(O)=C2/C(=O)C(=O)N(c3ccc(C)cc3)C2c2ccco2)cc1C(C)(C)C. The normalized spacial score (nSPS) is 18.1. The maximum Gasteiger partial charge on any atom is 0.300 e. The Bertz CT molecular complexity index is 1230. The number of ketones is 1. The number of carbonyl (C=O) groups is 2. The van der Waals surface area contributed by atoms with Gasteiger partial charge < -0.3 is 14.3 Å². The maximum absolute atomic E-state index is 13.2. The van der Waals surface area contributed by atoms with E-state index in [0.717, 1.165) is 11.1 Å². The summed E-state index contributed by atoms with van der Waals surface area (Å²) in [5, 5.41) is 11.3. The zero-order valence-corrected chi connectivity index (χ0v) is 19.4. The molecule has 1 atom stereocenters. The molecule has 1 aliphatic heterocycles. The van der Waals surface area contributed by atoms with Crippen LogP contribution in [0.5, 0.6) is 5.75 Å². The Balaban J connectivity index is 1.92. The molecule has 1 fully saturated rings. The van der Waals surface area contributed by atoms with Crippen molar-refractivity contribution in [1.29, 1.82) is 0 Å². The van der Waals surface area contributed by atoms with Crippen LogP contribution in [-0.4, -0.2) is 23.9 Å². The lowest BCUT2D eigenvalue weighted by molar-refractivity contribution is -0.132. The molecule has 1 N–H and O–H groups in total. The number of aryl methyl sites for hydroxylation is 1. The Kier molecular flexibility index (Phi) is 5.62. The van der Waals surface area contributed by atoms with Crippen LogP contribution < -0.4 is 9.64 Å². The number of anilines is 1. The minimum Gasteiger partial charge on any atom is -0.507 e. The Morgan fingerprint density at radius 1 is 1.06 bits per heavy atom. The van der Waals surface area contributed by atoms with E-state index >= 15 is 0 Å². The number of carbonyl (C=O) groups excluding carboxylic acids is 2. The van der Waals surface area contributed by atoms with Crippen molar-refractivity contribution in [2.24, 2.45) is 0 Å². The number of furan rings is 1. The summed E-state index contributed by atoms with van der Waals surface area (Å²) >= 11 is 0. The molecule has 3 aromatic rings. The fourth-order valence-electron chi connectivity index (χ4n) is 4.12. The molecule has 1 unspecified atom stereocenters. The van der Waals surface area contributed by atoms with Gasteiger partial charge in [0.2, 0.25) is 0 Å². The molecule has 6 heteroatoms. The van der Waals surface area contributed by atoms with E-state index in [-0.39, 0.29) is 16.7 Å². The number of amides is 1. The summed E-state index contributed by atoms with van der Waals surface area (Å²) in [5.74, 6) is -0.658. The monoisotopic (exact) mass is 445 g/mol. The molecule has 0 saturated carbocycles. The minimum atomic E-state index is -0.886. The molecule has 2 aromatic carbocycles. The third-order valence-corrected chi connectivity index (χ3v) is 5.85. The summed E-state index contributed by atoms with van der Waals surface area (Å²) in [6.07, 6.45) is 1.48. The number of methoxy groups -OCH3 is 1. The molecule has 1 amide bonds. The molecule has 0 spiro atoms. The first-order valence-corrected chi connectivity index (χ1v) is 10.7. The van der Waals surface area contributed by atoms with E-state index in [1.165, 1.54) is 11.2 Å². The van der Waals surface area contributed by atoms with Crippen LogP contribution in [0.2, 0.25) is 0 Å². The lowest BCUT2D eigenvalue weighted by atomic mass is 9.84. The van der Waals surface area contributed by atoms with Gasteiger partial charge >= 0.3 is 0 Å². The van der Waals surface area contributed by atoms with Crippen LogP contribution in [-0.2, 0) is 15.0 Å². The van der Waals surface area contributed by atoms with Crippen molar-refractivity contribution in [2.75, 3.05) is 12.0 Å². The molecule has 170 valence electrons. The summed E-state index contributed by atoms with van der Waals surface area (Å²) in [7, 11) is 1.59. The van der Waals surface area contributed by atoms with Gasteiger partial charge in [0.15, 0.2) is 0 Å². The Hall–Kier alpha value is -3.80. The number of rotatable bonds is 4. The summed E-state index contributed by atoms with van der Waals surface area (Å²) in [5.41, 5.74) is 2.60. The van der Waals surface area contributed by atoms with E-state index in [2.05, 4.69) is 0 Å². The van der Waals surface area contributed by atoms with E-state index in [1.807, 2.05) is 39.8 Å². The molecular formula is C27H27NO5. The number of aliphatic hydroxyl groups is 1. The number of hydrogen-bond acceptors (Lipinski definition) is 5. The number of benzene rings is 2. The fraction of sp³-hybridized carbons (Fsp3) is 0.259. The van der Waals surface area contributed by atoms with Gasteiger partial charge in [-0.15, -0.1) is 0 Å². The minimum absolute atomic E-state index is 0.0134. The number of hydrogen-bond donors (Lipinski definition) is 1. The van der Waals surface area contributed by atoms with Gasteiger partial charge in [-0.05, 0) is 54.8 Å². The van der Waals surface area contributed by atoms with Crippen LogP contribution in [0, 0.1) is 6.92 Å². The van der Waals surface area contributed by atoms with Crippen LogP contribution in [0.4, 0.5) is 5.69 Å². The lowest BCUT2D eigenvalue weighted by Crippen LogP contribution is -2.29. The van der Waals surface area contributed by atoms with Gasteiger partial charge in [-0.2, -0.15) is 0 Å². The maximum atomic E-state index is 13.2. The topological polar surface area (TPSA) is 80.0 Å². The smallest absolute Gasteiger partial charge is 0.300 e. The second-order valence-electron chi connectivity index (χ2n) is 9.19. The molecule has 0 aliphatic carbocycles. The molecule has 33 heavy (non-hydrogen) atoms. The van der Waals surface area contributed by atoms with E-state index in [4.69, 9.17) is 9.15 Å². The third kappa shape index (κ3) is 3.93. The highest BCUT2D eigenvalue weighted by Gasteiger charge is 2.48. The van der Waals surface area contributed by atoms with Crippen LogP contribution in [0.25, 0.3) is 5.76 Å². The molecular weight excluding hydrogens is 418 g/mol. The van der Waals surface area contributed by atoms with E-state index in [9.17, 15) is 14.7 Å². The average Bonchev–Trinajstić information content (AvgIpc) is 3.40. The van der Waals surface area contributed by atoms with Gasteiger partial charge in [-0.1, -0.05) is 38.5 Å². The van der Waals surface area contributed by atoms with Gasteiger partial charge in [-0.3, -0.25) is 14.5 Å². The highest BCUT2D eigenvalue weighted by Crippen LogP contribution is 2.43. The second-order valence-corrected chi connectivity index (χ2v) is 9.19. The first kappa shape index (κ1) is 22.4. The van der Waals surface area contributed by atoms with Crippen LogP contribution in [0.15, 0.2) is 70.9 Å². The van der Waals surface area contributed by atoms with E-state index < -0.39 is 17.7 Å². The standard InChI is InChI=1S/C27H27NO5/c1-16-8-11-18(12-9-16)28-23(21-7-6-14-33-21)22(25(30)26(28)31)24(29)17-10-13-20(32-5)19(15-17)27(2,3)4/h6-15,23,29H,1-5H3/b24-22-. The van der Waals surface area contributed by atoms with Crippen molar-refractivity contribution in [3.63, 3.8) is 0 Å². The number of ether oxygens (including phenoxy) is 1. The van der Waals surface area contributed by atoms with Crippen molar-refractivity contribution < 1.29 is 23.8 Å². The summed E-state index contributed by atoms with van der Waals surface area (Å²) in [4.78, 5) is 27.7. The highest BCUT2D eigenvalue weighted by molar-refractivity contribution is 6.51. The summed E-state index contributed by atoms with van der Waals surface area (Å²) < 4.78 is 11.1. The number of nitrogens with zero attached hydrogens (tertiary/aromatic N) is 1. The van der Waals surface area contributed by atoms with Gasteiger partial charge in [0.1, 0.15) is 23.3 Å². The van der Waals surface area contributed by atoms with Crippen LogP contribution in [0.1, 0.15) is 49.3 Å². The van der Waals surface area contributed by atoms with Crippen molar-refractivity contribution >= 4 is 23.1 Å². The second kappa shape index (κ2) is 8.28. The van der Waals surface area contributed by atoms with Gasteiger partial charge in [0.05, 0.1) is 18.9 Å². The van der Waals surface area contributed by atoms with Gasteiger partial charge in [0, 0.05) is 16.8 Å². The molecule has 2 heterocycles. The van der Waals surface area contributed by atoms with Crippen molar-refractivity contribution in [1.82, 2.24) is 0 Å². The largest absolute Gasteiger partial charge is 0.507 e. The van der Waals surface area contributed by atoms with E-state index in [0.29, 0.717) is 22.8 Å².